The highest BCUT2D eigenvalue weighted by molar-refractivity contribution is 7.07. The van der Waals surface area contributed by atoms with Crippen LogP contribution >= 0.6 is 11.3 Å². The number of para-hydroxylation sites is 2. The zero-order chi connectivity index (χ0) is 25.8. The van der Waals surface area contributed by atoms with E-state index in [-0.39, 0.29) is 16.3 Å². The van der Waals surface area contributed by atoms with Crippen LogP contribution in [0.4, 0.5) is 11.4 Å². The molecule has 0 saturated carbocycles. The van der Waals surface area contributed by atoms with Crippen molar-refractivity contribution in [3.63, 3.8) is 0 Å². The van der Waals surface area contributed by atoms with Crippen molar-refractivity contribution in [3.05, 3.63) is 114 Å². The maximum atomic E-state index is 14.0. The summed E-state index contributed by atoms with van der Waals surface area (Å²) in [5.41, 5.74) is 3.57. The molecule has 2 aromatic carbocycles. The van der Waals surface area contributed by atoms with Crippen LogP contribution in [0.25, 0.3) is 5.57 Å². The van der Waals surface area contributed by atoms with E-state index in [1.807, 2.05) is 43.3 Å². The van der Waals surface area contributed by atoms with Gasteiger partial charge >= 0.3 is 0 Å². The lowest BCUT2D eigenvalue weighted by molar-refractivity contribution is -0.113. The van der Waals surface area contributed by atoms with E-state index in [0.29, 0.717) is 50.1 Å². The molecule has 0 saturated heterocycles. The Balaban J connectivity index is 1.57. The Bertz CT molecular complexity index is 1840. The lowest BCUT2D eigenvalue weighted by atomic mass is 10.00. The lowest BCUT2D eigenvalue weighted by Gasteiger charge is -2.23. The minimum atomic E-state index is -0.844. The monoisotopic (exact) mass is 510 g/mol. The topological polar surface area (TPSA) is 106 Å². The summed E-state index contributed by atoms with van der Waals surface area (Å²) in [5, 5.41) is 5.80. The number of amides is 2. The third-order valence-electron chi connectivity index (χ3n) is 6.56. The minimum Gasteiger partial charge on any atom is -0.464 e. The number of carbonyl (C=O) groups excluding carboxylic acids is 2. The molecular formula is C28H22N4O4S. The largest absolute Gasteiger partial charge is 0.464 e. The Hall–Kier alpha value is -4.50. The molecule has 0 radical (unpaired) electrons. The maximum Gasteiger partial charge on any atom is 0.272 e. The highest BCUT2D eigenvalue weighted by Gasteiger charge is 2.36. The number of carbonyl (C=O) groups is 2. The van der Waals surface area contributed by atoms with Gasteiger partial charge in [-0.05, 0) is 50.6 Å². The molecule has 1 atom stereocenters. The molecule has 2 N–H and O–H groups in total. The first-order valence-corrected chi connectivity index (χ1v) is 12.5. The average Bonchev–Trinajstić information content (AvgIpc) is 3.54. The molecule has 2 aromatic heterocycles. The van der Waals surface area contributed by atoms with Crippen LogP contribution in [0.2, 0.25) is 0 Å². The molecule has 2 amide bonds. The molecule has 0 aliphatic carbocycles. The van der Waals surface area contributed by atoms with Crippen molar-refractivity contribution in [1.82, 2.24) is 4.57 Å². The molecule has 2 aliphatic rings. The summed E-state index contributed by atoms with van der Waals surface area (Å²) in [5.74, 6) is 0.370. The van der Waals surface area contributed by atoms with E-state index in [1.165, 1.54) is 4.57 Å². The standard InChI is InChI=1S/C28H22N4O4S/c1-14-8-4-6-10-18(14)30-25(33)21-16(3)29-28-32(23(21)20-13-12-15(2)36-20)27(35)24(37-28)22-17-9-5-7-11-19(17)31-26(22)34/h4-13,23H,1-3H3,(H,30,33)(H,31,34)/b24-22+/t23-/m0/s1. The van der Waals surface area contributed by atoms with Crippen molar-refractivity contribution < 1.29 is 14.0 Å². The summed E-state index contributed by atoms with van der Waals surface area (Å²) in [4.78, 5) is 45.6. The van der Waals surface area contributed by atoms with E-state index < -0.39 is 11.6 Å². The maximum absolute atomic E-state index is 14.0. The van der Waals surface area contributed by atoms with Gasteiger partial charge in [0.05, 0.1) is 16.8 Å². The highest BCUT2D eigenvalue weighted by Crippen LogP contribution is 2.33. The number of nitrogens with zero attached hydrogens (tertiary/aromatic N) is 2. The summed E-state index contributed by atoms with van der Waals surface area (Å²) in [6, 6.07) is 17.4. The molecule has 4 heterocycles. The molecule has 184 valence electrons. The molecule has 2 aliphatic heterocycles. The van der Waals surface area contributed by atoms with Gasteiger partial charge in [0.2, 0.25) is 0 Å². The molecule has 0 unspecified atom stereocenters. The minimum absolute atomic E-state index is 0.267. The van der Waals surface area contributed by atoms with E-state index in [4.69, 9.17) is 4.42 Å². The van der Waals surface area contributed by atoms with Crippen molar-refractivity contribution >= 4 is 40.1 Å². The Kier molecular flexibility index (Phi) is 5.31. The zero-order valence-corrected chi connectivity index (χ0v) is 21.1. The smallest absolute Gasteiger partial charge is 0.272 e. The Morgan fingerprint density at radius 2 is 1.78 bits per heavy atom. The van der Waals surface area contributed by atoms with Gasteiger partial charge in [-0.15, -0.1) is 0 Å². The summed E-state index contributed by atoms with van der Waals surface area (Å²) in [7, 11) is 0. The second-order valence-corrected chi connectivity index (χ2v) is 9.97. The molecule has 8 nitrogen and oxygen atoms in total. The van der Waals surface area contributed by atoms with Crippen LogP contribution < -0.4 is 25.5 Å². The molecule has 0 bridgehead atoms. The van der Waals surface area contributed by atoms with Crippen LogP contribution in [-0.4, -0.2) is 16.4 Å². The van der Waals surface area contributed by atoms with Crippen molar-refractivity contribution in [1.29, 1.82) is 0 Å². The number of aromatic nitrogens is 1. The number of rotatable bonds is 3. The van der Waals surface area contributed by atoms with E-state index in [0.717, 1.165) is 16.9 Å². The number of aryl methyl sites for hydroxylation is 2. The van der Waals surface area contributed by atoms with Crippen molar-refractivity contribution in [2.75, 3.05) is 10.6 Å². The van der Waals surface area contributed by atoms with Crippen LogP contribution in [0.15, 0.2) is 86.1 Å². The van der Waals surface area contributed by atoms with Gasteiger partial charge in [-0.25, -0.2) is 4.99 Å². The Morgan fingerprint density at radius 3 is 2.54 bits per heavy atom. The third kappa shape index (κ3) is 3.66. The van der Waals surface area contributed by atoms with Gasteiger partial charge in [0, 0.05) is 16.9 Å². The molecule has 4 aromatic rings. The number of anilines is 2. The normalized spacial score (nSPS) is 17.7. The van der Waals surface area contributed by atoms with Crippen LogP contribution in [-0.2, 0) is 9.59 Å². The predicted molar refractivity (Wildman–Crippen MR) is 141 cm³/mol. The second-order valence-electron chi connectivity index (χ2n) is 8.99. The van der Waals surface area contributed by atoms with Gasteiger partial charge in [0.25, 0.3) is 17.4 Å². The molecule has 6 rings (SSSR count). The van der Waals surface area contributed by atoms with Gasteiger partial charge in [0.1, 0.15) is 22.1 Å². The zero-order valence-electron chi connectivity index (χ0n) is 20.3. The molecule has 0 fully saturated rings. The first kappa shape index (κ1) is 22.9. The second kappa shape index (κ2) is 8.56. The Morgan fingerprint density at radius 1 is 1.03 bits per heavy atom. The number of nitrogens with one attached hydrogen (secondary N) is 2. The molecule has 0 spiro atoms. The quantitative estimate of drug-likeness (QED) is 0.441. The molecule has 37 heavy (non-hydrogen) atoms. The number of benzene rings is 2. The van der Waals surface area contributed by atoms with E-state index in [1.54, 1.807) is 38.1 Å². The van der Waals surface area contributed by atoms with Gasteiger partial charge < -0.3 is 15.1 Å². The fourth-order valence-corrected chi connectivity index (χ4v) is 5.92. The van der Waals surface area contributed by atoms with E-state index in [2.05, 4.69) is 15.6 Å². The van der Waals surface area contributed by atoms with Crippen molar-refractivity contribution in [2.24, 2.45) is 4.99 Å². The first-order chi connectivity index (χ1) is 17.8. The number of thiazole rings is 1. The third-order valence-corrected chi connectivity index (χ3v) is 7.62. The fourth-order valence-electron chi connectivity index (χ4n) is 4.78. The number of hydrogen-bond acceptors (Lipinski definition) is 6. The van der Waals surface area contributed by atoms with Gasteiger partial charge in [-0.3, -0.25) is 19.0 Å². The van der Waals surface area contributed by atoms with Crippen LogP contribution in [0, 0.1) is 13.8 Å². The lowest BCUT2D eigenvalue weighted by Crippen LogP contribution is -2.41. The van der Waals surface area contributed by atoms with Gasteiger partial charge in [0.15, 0.2) is 4.80 Å². The SMILES string of the molecule is CC1=C(C(=O)Nc2ccccc2C)[C@H](c2ccc(C)o2)n2c(s/c(=C3/C(=O)Nc4ccccc43)c2=O)=N1. The summed E-state index contributed by atoms with van der Waals surface area (Å²) in [6.45, 7) is 5.46. The number of allylic oxidation sites excluding steroid dienone is 1. The van der Waals surface area contributed by atoms with E-state index in [9.17, 15) is 14.4 Å². The number of hydrogen-bond donors (Lipinski definition) is 2. The summed E-state index contributed by atoms with van der Waals surface area (Å²) in [6.07, 6.45) is 0. The van der Waals surface area contributed by atoms with Crippen LogP contribution in [0.1, 0.15) is 35.6 Å². The highest BCUT2D eigenvalue weighted by atomic mass is 32.1. The first-order valence-electron chi connectivity index (χ1n) is 11.7. The summed E-state index contributed by atoms with van der Waals surface area (Å²) < 4.78 is 7.68. The molecular weight excluding hydrogens is 488 g/mol. The Labute approximate surface area is 215 Å². The van der Waals surface area contributed by atoms with Crippen LogP contribution in [0.3, 0.4) is 0 Å². The molecule has 9 heteroatoms. The van der Waals surface area contributed by atoms with Gasteiger partial charge in [-0.2, -0.15) is 0 Å². The fraction of sp³-hybridized carbons (Fsp3) is 0.143. The number of furan rings is 1. The average molecular weight is 511 g/mol. The van der Waals surface area contributed by atoms with Gasteiger partial charge in [-0.1, -0.05) is 47.7 Å². The van der Waals surface area contributed by atoms with Crippen molar-refractivity contribution in [3.8, 4) is 0 Å². The van der Waals surface area contributed by atoms with Crippen molar-refractivity contribution in [2.45, 2.75) is 26.8 Å². The summed E-state index contributed by atoms with van der Waals surface area (Å²) >= 11 is 1.13. The predicted octanol–water partition coefficient (Wildman–Crippen LogP) is 3.41. The van der Waals surface area contributed by atoms with E-state index >= 15 is 0 Å². The van der Waals surface area contributed by atoms with Crippen LogP contribution in [0.5, 0.6) is 0 Å². The number of fused-ring (bicyclic) bond motifs is 2.